The molecule has 5 aromatic rings. The maximum Gasteiger partial charge on any atom is 0.246 e. The number of aromatic nitrogens is 2. The summed E-state index contributed by atoms with van der Waals surface area (Å²) in [5.41, 5.74) is 32.0. The van der Waals surface area contributed by atoms with Crippen molar-refractivity contribution >= 4 is 140 Å². The van der Waals surface area contributed by atoms with Gasteiger partial charge in [0.15, 0.2) is 0 Å². The normalized spacial score (nSPS) is 25.3. The average molecular weight is 1800 g/mol. The number of phenolic OH excluding ortho intramolecular Hbond substituents is 1. The van der Waals surface area contributed by atoms with Gasteiger partial charge in [0.25, 0.3) is 0 Å². The molecule has 2 unspecified atom stereocenters. The van der Waals surface area contributed by atoms with Gasteiger partial charge >= 0.3 is 0 Å². The van der Waals surface area contributed by atoms with Gasteiger partial charge in [-0.1, -0.05) is 88.1 Å². The maximum absolute atomic E-state index is 15.7. The highest BCUT2D eigenvalue weighted by molar-refractivity contribution is 8.00. The number of carbonyl (C=O) groups is 18. The molecular formula is C86H120N22O19S. The van der Waals surface area contributed by atoms with E-state index in [1.54, 1.807) is 54.9 Å². The lowest BCUT2D eigenvalue weighted by atomic mass is 10.00. The predicted molar refractivity (Wildman–Crippen MR) is 470 cm³/mol. The maximum atomic E-state index is 15.7. The van der Waals surface area contributed by atoms with Gasteiger partial charge in [-0.05, 0) is 119 Å². The molecule has 9 rings (SSSR count). The number of nitrogens with zero attached hydrogens (tertiary/aromatic N) is 5. The minimum Gasteiger partial charge on any atom is -0.508 e. The molecule has 6 heterocycles. The van der Waals surface area contributed by atoms with Crippen molar-refractivity contribution in [3.63, 3.8) is 0 Å². The molecule has 0 aliphatic carbocycles. The minimum absolute atomic E-state index is 0.0110. The molecule has 0 saturated carbocycles. The van der Waals surface area contributed by atoms with Gasteiger partial charge in [0.2, 0.25) is 106 Å². The number of aromatic hydroxyl groups is 1. The molecule has 42 heteroatoms. The lowest BCUT2D eigenvalue weighted by Crippen LogP contribution is -2.61. The van der Waals surface area contributed by atoms with E-state index in [2.05, 4.69) is 63.1 Å². The third-order valence-electron chi connectivity index (χ3n) is 23.5. The number of thioether (sulfide) groups is 1. The Bertz CT molecular complexity index is 4870. The van der Waals surface area contributed by atoms with Crippen molar-refractivity contribution in [1.82, 2.24) is 87.6 Å². The zero-order chi connectivity index (χ0) is 93.2. The van der Waals surface area contributed by atoms with E-state index in [0.717, 1.165) is 21.6 Å². The zero-order valence-corrected chi connectivity index (χ0v) is 73.4. The molecule has 18 amide bonds. The number of hydrogen-bond donors (Lipinski definition) is 18. The van der Waals surface area contributed by atoms with Gasteiger partial charge in [-0.25, -0.2) is 0 Å². The van der Waals surface area contributed by atoms with Crippen LogP contribution >= 0.6 is 11.8 Å². The molecule has 0 spiro atoms. The van der Waals surface area contributed by atoms with Crippen LogP contribution in [0.25, 0.3) is 21.8 Å². The van der Waals surface area contributed by atoms with Gasteiger partial charge in [0.05, 0.1) is 18.7 Å². The van der Waals surface area contributed by atoms with E-state index in [0.29, 0.717) is 64.2 Å². The molecule has 3 aromatic carbocycles. The van der Waals surface area contributed by atoms with Gasteiger partial charge in [0, 0.05) is 106 Å². The first-order valence-electron chi connectivity index (χ1n) is 43.3. The van der Waals surface area contributed by atoms with Gasteiger partial charge in [-0.2, -0.15) is 0 Å². The standard InChI is InChI=1S/C86H120N22O19S/c1-6-8-21-64-78(119)95-47(3)73(114)103-63(74(115)94-44-71(91)112)45-128-46-72(113)96-59(37-48-26-28-51(109)29-27-48)84(125)107-35-15-24-66(107)80(121)101-61(40-70(90)111)85(126)108-36-16-25-67(108)81(122)102-62(41-88)77(118)98-57(30-31-69(89)110)83(124)106-34-14-23-65(106)79(120)99-58(38-49-42-92-54-19-12-10-17-52(49)54)76(117)97-56(32-33-87)75(116)100-60(39-50-43-93-55-20-13-11-18-53(50)55)82(123)105(5)68(22-9-7-2)86(127)104(64)4/h10-13,17-20,26-29,42-43,47,56-68,92-93,109H,6-9,14-16,21-25,30-41,44-46,87-88H2,1-5H3,(H2,89,110)(H2,90,111)(H2,91,112)(H,94,115)(H,95,119)(H,96,113)(H,97,117)(H,98,118)(H,99,120)(H,100,116)(H,101,121)(H,102,122)(H,103,114)/t47-,56-,57-,58+,59-,60-,61+,62+,63+,64+,65?,66?,67-,68+/m0/s1. The number of aromatic amines is 2. The Morgan fingerprint density at radius 2 is 0.938 bits per heavy atom. The molecule has 128 heavy (non-hydrogen) atoms. The smallest absolute Gasteiger partial charge is 0.246 e. The molecule has 0 radical (unpaired) electrons. The van der Waals surface area contributed by atoms with Crippen LogP contribution in [0.3, 0.4) is 0 Å². The topological polar surface area (TPSA) is 626 Å². The van der Waals surface area contributed by atoms with Crippen LogP contribution in [-0.2, 0) is 106 Å². The van der Waals surface area contributed by atoms with E-state index in [1.807, 2.05) is 19.9 Å². The van der Waals surface area contributed by atoms with Crippen molar-refractivity contribution in [1.29, 1.82) is 0 Å². The van der Waals surface area contributed by atoms with Gasteiger partial charge in [0.1, 0.15) is 90.3 Å². The molecular weight excluding hydrogens is 1680 g/mol. The second-order valence-electron chi connectivity index (χ2n) is 32.7. The number of carbonyl (C=O) groups excluding carboxylic acids is 18. The molecule has 4 fully saturated rings. The van der Waals surface area contributed by atoms with E-state index < -0.39 is 229 Å². The molecule has 4 aliphatic rings. The minimum atomic E-state index is -1.74. The molecule has 41 nitrogen and oxygen atoms in total. The molecule has 4 saturated heterocycles. The summed E-state index contributed by atoms with van der Waals surface area (Å²) in [5, 5.41) is 37.9. The van der Waals surface area contributed by atoms with Gasteiger partial charge in [-0.3, -0.25) is 86.3 Å². The first kappa shape index (κ1) is 99.1. The number of phenols is 1. The summed E-state index contributed by atoms with van der Waals surface area (Å²) < 4.78 is 0. The highest BCUT2D eigenvalue weighted by Crippen LogP contribution is 2.28. The summed E-state index contributed by atoms with van der Waals surface area (Å²) in [4.78, 5) is 272. The van der Waals surface area contributed by atoms with Crippen LogP contribution in [0.15, 0.2) is 85.2 Å². The number of primary amides is 3. The Hall–Kier alpha value is -12.7. The summed E-state index contributed by atoms with van der Waals surface area (Å²) in [5.74, 6) is -17.1. The van der Waals surface area contributed by atoms with Crippen molar-refractivity contribution in [2.45, 2.75) is 227 Å². The lowest BCUT2D eigenvalue weighted by molar-refractivity contribution is -0.149. The largest absolute Gasteiger partial charge is 0.508 e. The number of amides is 18. The van der Waals surface area contributed by atoms with E-state index >= 15 is 28.8 Å². The molecule has 2 aromatic heterocycles. The number of fused-ring (bicyclic) bond motifs is 5. The van der Waals surface area contributed by atoms with E-state index in [-0.39, 0.29) is 115 Å². The highest BCUT2D eigenvalue weighted by atomic mass is 32.2. The van der Waals surface area contributed by atoms with Crippen LogP contribution in [0, 0.1) is 0 Å². The van der Waals surface area contributed by atoms with Crippen LogP contribution in [0.5, 0.6) is 5.75 Å². The third-order valence-corrected chi connectivity index (χ3v) is 24.5. The zero-order valence-electron chi connectivity index (χ0n) is 72.6. The van der Waals surface area contributed by atoms with Crippen LogP contribution in [0.2, 0.25) is 0 Å². The van der Waals surface area contributed by atoms with Gasteiger partial charge < -0.3 is 121 Å². The fraction of sp³-hybridized carbons (Fsp3) is 0.535. The van der Waals surface area contributed by atoms with Gasteiger partial charge in [-0.15, -0.1) is 11.8 Å². The van der Waals surface area contributed by atoms with E-state index in [1.165, 1.54) is 60.0 Å². The molecule has 4 aliphatic heterocycles. The number of H-pyrrole nitrogens is 2. The lowest BCUT2D eigenvalue weighted by Gasteiger charge is -2.36. The second kappa shape index (κ2) is 47.2. The predicted octanol–water partition coefficient (Wildman–Crippen LogP) is -3.43. The van der Waals surface area contributed by atoms with Crippen molar-refractivity contribution in [3.8, 4) is 5.75 Å². The van der Waals surface area contributed by atoms with Crippen molar-refractivity contribution in [2.75, 3.05) is 64.9 Å². The fourth-order valence-electron chi connectivity index (χ4n) is 16.5. The second-order valence-corrected chi connectivity index (χ2v) is 33.8. The molecule has 0 bridgehead atoms. The highest BCUT2D eigenvalue weighted by Gasteiger charge is 2.46. The Balaban J connectivity index is 1.07. The quantitative estimate of drug-likeness (QED) is 0.0303. The van der Waals surface area contributed by atoms with Crippen LogP contribution < -0.4 is 81.8 Å². The Morgan fingerprint density at radius 1 is 0.469 bits per heavy atom. The number of nitrogens with two attached hydrogens (primary N) is 5. The average Bonchev–Trinajstić information content (AvgIpc) is 1.75. The molecule has 694 valence electrons. The first-order chi connectivity index (χ1) is 61.1. The van der Waals surface area contributed by atoms with Crippen LogP contribution in [0.4, 0.5) is 0 Å². The SMILES string of the molecule is CCCC[C@@H]1C(=O)N(C)[C@H](CCCC)C(=O)N[C@@H](C)C(=O)N[C@@H](C(=O)NCC(N)=O)CSCC(=O)N[C@@H](Cc2ccc(O)cc2)C(=O)N2CCCC2C(=O)N[C@H](CC(N)=O)C(=O)N2CCC[C@H]2C(=O)N[C@H](CN)C(=O)N[C@@H](CCC(N)=O)C(=O)N2CCCC2C(=O)N[C@H](Cc2c[nH]c3ccccc23)C(=O)N[C@@H](CCN)C(=O)N[C@@H](Cc2c[nH]c3ccccc23)C(=O)N1C. The van der Waals surface area contributed by atoms with Crippen LogP contribution in [-0.4, -0.2) is 295 Å². The molecule has 14 atom stereocenters. The van der Waals surface area contributed by atoms with E-state index in [4.69, 9.17) is 28.7 Å². The summed E-state index contributed by atoms with van der Waals surface area (Å²) in [6.45, 7) is 3.27. The monoisotopic (exact) mass is 1800 g/mol. The number of rotatable bonds is 23. The summed E-state index contributed by atoms with van der Waals surface area (Å²) >= 11 is 0.800. The number of likely N-dealkylation sites (N-methyl/N-ethyl adjacent to an activating group) is 2. The summed E-state index contributed by atoms with van der Waals surface area (Å²) in [6, 6.07) is -0.704. The Kier molecular flexibility index (Phi) is 36.5. The fourth-order valence-corrected chi connectivity index (χ4v) is 17.3. The Morgan fingerprint density at radius 3 is 1.47 bits per heavy atom. The van der Waals surface area contributed by atoms with Crippen molar-refractivity contribution in [2.24, 2.45) is 28.7 Å². The van der Waals surface area contributed by atoms with Crippen molar-refractivity contribution < 1.29 is 91.4 Å². The number of hydrogen-bond acceptors (Lipinski definition) is 22. The first-order valence-corrected chi connectivity index (χ1v) is 44.5. The van der Waals surface area contributed by atoms with Crippen molar-refractivity contribution in [3.05, 3.63) is 102 Å². The summed E-state index contributed by atoms with van der Waals surface area (Å²) in [6.07, 6.45) is 3.26. The van der Waals surface area contributed by atoms with E-state index in [9.17, 15) is 62.6 Å². The Labute approximate surface area is 743 Å². The summed E-state index contributed by atoms with van der Waals surface area (Å²) in [7, 11) is 2.76. The number of benzene rings is 3. The third kappa shape index (κ3) is 26.5. The number of nitrogens with one attached hydrogen (secondary N) is 12. The van der Waals surface area contributed by atoms with Crippen LogP contribution in [0.1, 0.15) is 140 Å². The number of unbranched alkanes of at least 4 members (excludes halogenated alkanes) is 2. The number of para-hydroxylation sites is 2. The molecule has 23 N–H and O–H groups in total.